The summed E-state index contributed by atoms with van der Waals surface area (Å²) in [4.78, 5) is 0. The van der Waals surface area contributed by atoms with Crippen LogP contribution in [0, 0.1) is 0 Å². The Labute approximate surface area is 56.7 Å². The van der Waals surface area contributed by atoms with Gasteiger partial charge in [-0.15, -0.1) is 6.58 Å². The Hall–Kier alpha value is -0.660. The van der Waals surface area contributed by atoms with Crippen molar-refractivity contribution in [3.05, 3.63) is 12.2 Å². The SMILES string of the molecule is C=C(C)CC(C)/N=N\C. The molecule has 0 heterocycles. The van der Waals surface area contributed by atoms with Gasteiger partial charge >= 0.3 is 0 Å². The first-order valence-electron chi connectivity index (χ1n) is 3.10. The molecule has 0 aliphatic carbocycles. The molecule has 0 N–H and O–H groups in total. The van der Waals surface area contributed by atoms with Crippen molar-refractivity contribution in [3.8, 4) is 0 Å². The maximum Gasteiger partial charge on any atom is 0.0716 e. The molecule has 0 saturated carbocycles. The Morgan fingerprint density at radius 3 is 2.56 bits per heavy atom. The first-order chi connectivity index (χ1) is 4.16. The zero-order valence-corrected chi connectivity index (χ0v) is 6.39. The van der Waals surface area contributed by atoms with Gasteiger partial charge in [-0.1, -0.05) is 5.57 Å². The fraction of sp³-hybridized carbons (Fsp3) is 0.714. The van der Waals surface area contributed by atoms with Crippen molar-refractivity contribution in [2.45, 2.75) is 26.3 Å². The van der Waals surface area contributed by atoms with Crippen molar-refractivity contribution < 1.29 is 0 Å². The second kappa shape index (κ2) is 4.24. The molecule has 1 atom stereocenters. The topological polar surface area (TPSA) is 24.7 Å². The molecular weight excluding hydrogens is 112 g/mol. The van der Waals surface area contributed by atoms with Crippen molar-refractivity contribution in [2.75, 3.05) is 7.05 Å². The second-order valence-corrected chi connectivity index (χ2v) is 2.33. The van der Waals surface area contributed by atoms with E-state index in [1.165, 1.54) is 0 Å². The molecule has 0 spiro atoms. The summed E-state index contributed by atoms with van der Waals surface area (Å²) in [6, 6.07) is 0.299. The first-order valence-corrected chi connectivity index (χ1v) is 3.10. The van der Waals surface area contributed by atoms with Crippen molar-refractivity contribution in [1.82, 2.24) is 0 Å². The quantitative estimate of drug-likeness (QED) is 0.410. The Morgan fingerprint density at radius 2 is 2.22 bits per heavy atom. The zero-order valence-electron chi connectivity index (χ0n) is 6.39. The van der Waals surface area contributed by atoms with Crippen LogP contribution in [0.5, 0.6) is 0 Å². The lowest BCUT2D eigenvalue weighted by Gasteiger charge is -2.01. The molecule has 0 aliphatic rings. The van der Waals surface area contributed by atoms with Gasteiger partial charge < -0.3 is 0 Å². The standard InChI is InChI=1S/C7H14N2/c1-6(2)5-7(3)9-8-4/h7H,1,5H2,2-4H3/b9-8-. The largest absolute Gasteiger partial charge is 0.197 e. The van der Waals surface area contributed by atoms with Gasteiger partial charge in [-0.25, -0.2) is 0 Å². The van der Waals surface area contributed by atoms with Crippen molar-refractivity contribution in [2.24, 2.45) is 10.2 Å². The molecule has 1 unspecified atom stereocenters. The van der Waals surface area contributed by atoms with Crippen molar-refractivity contribution in [3.63, 3.8) is 0 Å². The summed E-state index contributed by atoms with van der Waals surface area (Å²) in [5, 5.41) is 7.60. The van der Waals surface area contributed by atoms with Crippen molar-refractivity contribution >= 4 is 0 Å². The van der Waals surface area contributed by atoms with Gasteiger partial charge in [-0.05, 0) is 20.3 Å². The third-order valence-electron chi connectivity index (χ3n) is 0.956. The minimum absolute atomic E-state index is 0.299. The zero-order chi connectivity index (χ0) is 7.28. The summed E-state index contributed by atoms with van der Waals surface area (Å²) in [6.45, 7) is 7.81. The van der Waals surface area contributed by atoms with E-state index >= 15 is 0 Å². The van der Waals surface area contributed by atoms with E-state index in [9.17, 15) is 0 Å². The minimum atomic E-state index is 0.299. The summed E-state index contributed by atoms with van der Waals surface area (Å²) < 4.78 is 0. The fourth-order valence-corrected chi connectivity index (χ4v) is 0.742. The van der Waals surface area contributed by atoms with Gasteiger partial charge in [0.25, 0.3) is 0 Å². The molecule has 0 aromatic rings. The van der Waals surface area contributed by atoms with Crippen LogP contribution >= 0.6 is 0 Å². The van der Waals surface area contributed by atoms with Crippen LogP contribution in [-0.4, -0.2) is 13.1 Å². The van der Waals surface area contributed by atoms with Gasteiger partial charge in [0, 0.05) is 7.05 Å². The van der Waals surface area contributed by atoms with Crippen LogP contribution in [0.25, 0.3) is 0 Å². The van der Waals surface area contributed by atoms with Gasteiger partial charge in [0.05, 0.1) is 6.04 Å². The summed E-state index contributed by atoms with van der Waals surface area (Å²) in [6.07, 6.45) is 0.942. The number of nitrogens with zero attached hydrogens (tertiary/aromatic N) is 2. The smallest absolute Gasteiger partial charge is 0.0716 e. The summed E-state index contributed by atoms with van der Waals surface area (Å²) in [5.74, 6) is 0. The summed E-state index contributed by atoms with van der Waals surface area (Å²) in [5.41, 5.74) is 1.16. The number of hydrogen-bond acceptors (Lipinski definition) is 2. The number of rotatable bonds is 3. The van der Waals surface area contributed by atoms with E-state index in [0.717, 1.165) is 12.0 Å². The average Bonchev–Trinajstić information content (AvgIpc) is 1.63. The molecule has 0 fully saturated rings. The molecule has 0 aromatic heterocycles. The highest BCUT2D eigenvalue weighted by atomic mass is 15.1. The molecule has 2 nitrogen and oxygen atoms in total. The van der Waals surface area contributed by atoms with Crippen LogP contribution in [0.3, 0.4) is 0 Å². The van der Waals surface area contributed by atoms with Gasteiger partial charge in [-0.3, -0.25) is 0 Å². The van der Waals surface area contributed by atoms with Crippen LogP contribution in [0.15, 0.2) is 22.4 Å². The van der Waals surface area contributed by atoms with Crippen LogP contribution in [-0.2, 0) is 0 Å². The number of azo groups is 1. The first kappa shape index (κ1) is 8.34. The van der Waals surface area contributed by atoms with E-state index in [1.54, 1.807) is 7.05 Å². The summed E-state index contributed by atoms with van der Waals surface area (Å²) >= 11 is 0. The van der Waals surface area contributed by atoms with E-state index < -0.39 is 0 Å². The average molecular weight is 126 g/mol. The Bertz CT molecular complexity index is 116. The molecule has 9 heavy (non-hydrogen) atoms. The van der Waals surface area contributed by atoms with E-state index in [-0.39, 0.29) is 0 Å². The van der Waals surface area contributed by atoms with Gasteiger partial charge in [0.15, 0.2) is 0 Å². The lowest BCUT2D eigenvalue weighted by atomic mass is 10.1. The predicted molar refractivity (Wildman–Crippen MR) is 39.7 cm³/mol. The molecule has 0 amide bonds. The Morgan fingerprint density at radius 1 is 1.67 bits per heavy atom. The summed E-state index contributed by atoms with van der Waals surface area (Å²) in [7, 11) is 1.69. The van der Waals surface area contributed by atoms with Gasteiger partial charge in [0.2, 0.25) is 0 Å². The maximum absolute atomic E-state index is 3.93. The van der Waals surface area contributed by atoms with Crippen LogP contribution in [0.4, 0.5) is 0 Å². The molecule has 0 bridgehead atoms. The van der Waals surface area contributed by atoms with Gasteiger partial charge in [-0.2, -0.15) is 10.2 Å². The van der Waals surface area contributed by atoms with E-state index in [0.29, 0.717) is 6.04 Å². The highest BCUT2D eigenvalue weighted by molar-refractivity contribution is 4.91. The van der Waals surface area contributed by atoms with E-state index in [2.05, 4.69) is 16.8 Å². The van der Waals surface area contributed by atoms with E-state index in [1.807, 2.05) is 13.8 Å². The van der Waals surface area contributed by atoms with E-state index in [4.69, 9.17) is 0 Å². The molecule has 0 rings (SSSR count). The second-order valence-electron chi connectivity index (χ2n) is 2.33. The highest BCUT2D eigenvalue weighted by Gasteiger charge is 1.96. The van der Waals surface area contributed by atoms with Crippen molar-refractivity contribution in [1.29, 1.82) is 0 Å². The Balaban J connectivity index is 3.50. The molecule has 2 heteroatoms. The lowest BCUT2D eigenvalue weighted by Crippen LogP contribution is -1.95. The minimum Gasteiger partial charge on any atom is -0.197 e. The molecular formula is C7H14N2. The van der Waals surface area contributed by atoms with Crippen LogP contribution in [0.1, 0.15) is 20.3 Å². The van der Waals surface area contributed by atoms with Gasteiger partial charge in [0.1, 0.15) is 0 Å². The molecule has 0 saturated heterocycles. The molecule has 0 radical (unpaired) electrons. The monoisotopic (exact) mass is 126 g/mol. The third-order valence-corrected chi connectivity index (χ3v) is 0.956. The van der Waals surface area contributed by atoms with Crippen LogP contribution in [0.2, 0.25) is 0 Å². The molecule has 52 valence electrons. The fourth-order valence-electron chi connectivity index (χ4n) is 0.742. The normalized spacial score (nSPS) is 14.1. The lowest BCUT2D eigenvalue weighted by molar-refractivity contribution is 0.689. The van der Waals surface area contributed by atoms with Crippen LogP contribution < -0.4 is 0 Å². The Kier molecular flexibility index (Phi) is 3.93. The third kappa shape index (κ3) is 5.21. The predicted octanol–water partition coefficient (Wildman–Crippen LogP) is 2.42. The molecule has 0 aliphatic heterocycles. The maximum atomic E-state index is 3.93. The highest BCUT2D eigenvalue weighted by Crippen LogP contribution is 2.04. The molecule has 0 aromatic carbocycles. The number of hydrogen-bond donors (Lipinski definition) is 0.